The van der Waals surface area contributed by atoms with Crippen LogP contribution in [0.15, 0.2) is 0 Å². The zero-order chi connectivity index (χ0) is 13.8. The minimum absolute atomic E-state index is 0.0880. The van der Waals surface area contributed by atoms with Crippen LogP contribution in [0.25, 0.3) is 0 Å². The van der Waals surface area contributed by atoms with Gasteiger partial charge in [-0.1, -0.05) is 6.92 Å². The average molecular weight is 258 g/mol. The quantitative estimate of drug-likeness (QED) is 0.743. The van der Waals surface area contributed by atoms with Gasteiger partial charge in [0.2, 0.25) is 0 Å². The standard InChI is InChI=1S/C6H12O2.C4H5F3O2/c1-3-5-6(7)8-4-2;5-2(4(6)7)1-3(8)9/h3-5H2,1-2H3;2,4H,1H2,(H,8,9). The summed E-state index contributed by atoms with van der Waals surface area (Å²) in [5.41, 5.74) is 0. The Labute approximate surface area is 97.8 Å². The normalized spacial score (nSPS) is 11.4. The summed E-state index contributed by atoms with van der Waals surface area (Å²) in [5, 5.41) is 7.76. The molecule has 0 saturated carbocycles. The molecule has 0 aromatic heterocycles. The Kier molecular flexibility index (Phi) is 12.0. The van der Waals surface area contributed by atoms with Crippen molar-refractivity contribution in [2.45, 2.75) is 45.7 Å². The van der Waals surface area contributed by atoms with E-state index in [9.17, 15) is 22.8 Å². The lowest BCUT2D eigenvalue weighted by Crippen LogP contribution is -2.16. The molecule has 0 rings (SSSR count). The molecule has 0 radical (unpaired) electrons. The van der Waals surface area contributed by atoms with E-state index in [1.165, 1.54) is 0 Å². The summed E-state index contributed by atoms with van der Waals surface area (Å²) < 4.78 is 38.6. The topological polar surface area (TPSA) is 63.6 Å². The van der Waals surface area contributed by atoms with Gasteiger partial charge in [-0.15, -0.1) is 0 Å². The van der Waals surface area contributed by atoms with Gasteiger partial charge in [0.1, 0.15) is 0 Å². The molecule has 1 N–H and O–H groups in total. The van der Waals surface area contributed by atoms with Gasteiger partial charge in [-0.3, -0.25) is 9.59 Å². The molecule has 0 heterocycles. The lowest BCUT2D eigenvalue weighted by molar-refractivity contribution is -0.143. The smallest absolute Gasteiger partial charge is 0.306 e. The Morgan fingerprint density at radius 2 is 1.76 bits per heavy atom. The number of carbonyl (C=O) groups is 2. The van der Waals surface area contributed by atoms with Gasteiger partial charge < -0.3 is 9.84 Å². The molecule has 0 aromatic rings. The first-order chi connectivity index (χ1) is 7.84. The van der Waals surface area contributed by atoms with E-state index >= 15 is 0 Å². The van der Waals surface area contributed by atoms with Crippen LogP contribution in [-0.4, -0.2) is 36.2 Å². The fourth-order valence-corrected chi connectivity index (χ4v) is 0.693. The second-order valence-electron chi connectivity index (χ2n) is 3.00. The van der Waals surface area contributed by atoms with Crippen LogP contribution in [0.1, 0.15) is 33.1 Å². The minimum Gasteiger partial charge on any atom is -0.481 e. The zero-order valence-corrected chi connectivity index (χ0v) is 9.79. The first-order valence-electron chi connectivity index (χ1n) is 5.14. The molecule has 7 heteroatoms. The molecule has 102 valence electrons. The number of carbonyl (C=O) groups excluding carboxylic acids is 1. The predicted molar refractivity (Wildman–Crippen MR) is 54.7 cm³/mol. The van der Waals surface area contributed by atoms with E-state index in [2.05, 4.69) is 4.74 Å². The van der Waals surface area contributed by atoms with Crippen LogP contribution in [0.5, 0.6) is 0 Å². The highest BCUT2D eigenvalue weighted by molar-refractivity contribution is 5.69. The highest BCUT2D eigenvalue weighted by Gasteiger charge is 2.21. The molecular formula is C10H17F3O4. The third kappa shape index (κ3) is 14.7. The van der Waals surface area contributed by atoms with Gasteiger partial charge in [0.25, 0.3) is 6.43 Å². The number of halogens is 3. The number of esters is 1. The summed E-state index contributed by atoms with van der Waals surface area (Å²) in [7, 11) is 0. The number of carboxylic acids is 1. The Bertz CT molecular complexity index is 214. The van der Waals surface area contributed by atoms with Crippen molar-refractivity contribution < 1.29 is 32.6 Å². The molecule has 0 spiro atoms. The van der Waals surface area contributed by atoms with Crippen LogP contribution in [0.3, 0.4) is 0 Å². The van der Waals surface area contributed by atoms with E-state index in [4.69, 9.17) is 5.11 Å². The summed E-state index contributed by atoms with van der Waals surface area (Å²) >= 11 is 0. The van der Waals surface area contributed by atoms with E-state index in [0.717, 1.165) is 6.42 Å². The first-order valence-corrected chi connectivity index (χ1v) is 5.14. The van der Waals surface area contributed by atoms with Gasteiger partial charge >= 0.3 is 11.9 Å². The molecule has 0 aliphatic rings. The summed E-state index contributed by atoms with van der Waals surface area (Å²) in [4.78, 5) is 20.0. The summed E-state index contributed by atoms with van der Waals surface area (Å²) in [5.74, 6) is -1.64. The van der Waals surface area contributed by atoms with E-state index in [0.29, 0.717) is 13.0 Å². The first kappa shape index (κ1) is 18.1. The second-order valence-corrected chi connectivity index (χ2v) is 3.00. The molecule has 0 aromatic carbocycles. The number of hydrogen-bond donors (Lipinski definition) is 1. The number of rotatable bonds is 6. The van der Waals surface area contributed by atoms with Gasteiger partial charge in [-0.05, 0) is 13.3 Å². The van der Waals surface area contributed by atoms with Crippen molar-refractivity contribution >= 4 is 11.9 Å². The number of aliphatic carboxylic acids is 1. The zero-order valence-electron chi connectivity index (χ0n) is 9.79. The van der Waals surface area contributed by atoms with Crippen LogP contribution in [0, 0.1) is 0 Å². The molecule has 17 heavy (non-hydrogen) atoms. The number of carboxylic acid groups (broad SMARTS) is 1. The predicted octanol–water partition coefficient (Wildman–Crippen LogP) is 2.41. The van der Waals surface area contributed by atoms with Gasteiger partial charge in [0.15, 0.2) is 6.17 Å². The third-order valence-corrected chi connectivity index (χ3v) is 1.40. The number of ether oxygens (including phenoxy) is 1. The average Bonchev–Trinajstić information content (AvgIpc) is 2.18. The van der Waals surface area contributed by atoms with Gasteiger partial charge in [-0.25, -0.2) is 13.2 Å². The van der Waals surface area contributed by atoms with Gasteiger partial charge in [0.05, 0.1) is 13.0 Å². The lowest BCUT2D eigenvalue weighted by atomic mass is 10.3. The van der Waals surface area contributed by atoms with E-state index in [-0.39, 0.29) is 5.97 Å². The van der Waals surface area contributed by atoms with Crippen molar-refractivity contribution in [1.29, 1.82) is 0 Å². The van der Waals surface area contributed by atoms with E-state index in [1.807, 2.05) is 13.8 Å². The molecule has 1 unspecified atom stereocenters. The number of alkyl halides is 3. The van der Waals surface area contributed by atoms with Crippen LogP contribution in [0.2, 0.25) is 0 Å². The lowest BCUT2D eigenvalue weighted by Gasteiger charge is -2.00. The van der Waals surface area contributed by atoms with Crippen LogP contribution < -0.4 is 0 Å². The molecule has 0 amide bonds. The van der Waals surface area contributed by atoms with Crippen molar-refractivity contribution in [1.82, 2.24) is 0 Å². The van der Waals surface area contributed by atoms with Gasteiger partial charge in [-0.2, -0.15) is 0 Å². The van der Waals surface area contributed by atoms with Crippen molar-refractivity contribution in [3.63, 3.8) is 0 Å². The molecule has 0 aliphatic carbocycles. The monoisotopic (exact) mass is 258 g/mol. The highest BCUT2D eigenvalue weighted by atomic mass is 19.3. The van der Waals surface area contributed by atoms with Crippen molar-refractivity contribution in [2.24, 2.45) is 0 Å². The van der Waals surface area contributed by atoms with Crippen molar-refractivity contribution in [2.75, 3.05) is 6.61 Å². The SMILES string of the molecule is CCCC(=O)OCC.O=C(O)CC(F)C(F)F. The van der Waals surface area contributed by atoms with Gasteiger partial charge in [0, 0.05) is 6.42 Å². The maximum Gasteiger partial charge on any atom is 0.306 e. The fraction of sp³-hybridized carbons (Fsp3) is 0.800. The maximum absolute atomic E-state index is 11.6. The summed E-state index contributed by atoms with van der Waals surface area (Å²) in [6.07, 6.45) is -5.44. The molecule has 0 aliphatic heterocycles. The van der Waals surface area contributed by atoms with Crippen molar-refractivity contribution in [3.8, 4) is 0 Å². The fourth-order valence-electron chi connectivity index (χ4n) is 0.693. The number of hydrogen-bond acceptors (Lipinski definition) is 3. The third-order valence-electron chi connectivity index (χ3n) is 1.40. The Morgan fingerprint density at radius 3 is 2.00 bits per heavy atom. The molecular weight excluding hydrogens is 241 g/mol. The molecule has 0 saturated heterocycles. The molecule has 1 atom stereocenters. The van der Waals surface area contributed by atoms with Crippen LogP contribution >= 0.6 is 0 Å². The summed E-state index contributed by atoms with van der Waals surface area (Å²) in [6.45, 7) is 4.27. The Balaban J connectivity index is 0. The van der Waals surface area contributed by atoms with Crippen LogP contribution in [-0.2, 0) is 14.3 Å². The maximum atomic E-state index is 11.6. The van der Waals surface area contributed by atoms with E-state index in [1.54, 1.807) is 0 Å². The van der Waals surface area contributed by atoms with Crippen molar-refractivity contribution in [3.05, 3.63) is 0 Å². The second kappa shape index (κ2) is 11.2. The Morgan fingerprint density at radius 1 is 1.24 bits per heavy atom. The molecule has 4 nitrogen and oxygen atoms in total. The largest absolute Gasteiger partial charge is 0.481 e. The highest BCUT2D eigenvalue weighted by Crippen LogP contribution is 2.08. The summed E-state index contributed by atoms with van der Waals surface area (Å²) in [6, 6.07) is 0. The Hall–Kier alpha value is -1.27. The molecule has 0 bridgehead atoms. The minimum atomic E-state index is -3.19. The molecule has 0 fully saturated rings. The van der Waals surface area contributed by atoms with E-state index < -0.39 is 25.0 Å². The van der Waals surface area contributed by atoms with Crippen LogP contribution in [0.4, 0.5) is 13.2 Å².